The normalized spacial score (nSPS) is 26.9. The van der Waals surface area contributed by atoms with Crippen molar-refractivity contribution in [2.75, 3.05) is 11.9 Å². The summed E-state index contributed by atoms with van der Waals surface area (Å²) in [6.07, 6.45) is 6.93. The second-order valence-corrected chi connectivity index (χ2v) is 8.03. The number of benzene rings is 1. The van der Waals surface area contributed by atoms with Crippen molar-refractivity contribution in [2.45, 2.75) is 64.0 Å². The summed E-state index contributed by atoms with van der Waals surface area (Å²) >= 11 is 0. The summed E-state index contributed by atoms with van der Waals surface area (Å²) in [4.78, 5) is 24.2. The Morgan fingerprint density at radius 1 is 1.11 bits per heavy atom. The van der Waals surface area contributed by atoms with Gasteiger partial charge in [0.1, 0.15) is 0 Å². The summed E-state index contributed by atoms with van der Waals surface area (Å²) in [5, 5.41) is 8.85. The molecule has 0 heterocycles. The Labute approximate surface area is 161 Å². The fraction of sp³-hybridized carbons (Fsp3) is 0.619. The second kappa shape index (κ2) is 9.22. The molecule has 6 nitrogen and oxygen atoms in total. The van der Waals surface area contributed by atoms with Crippen LogP contribution in [-0.2, 0) is 11.2 Å². The topological polar surface area (TPSA) is 96.2 Å². The van der Waals surface area contributed by atoms with Gasteiger partial charge in [-0.15, -0.1) is 0 Å². The molecule has 6 heteroatoms. The molecule has 1 aromatic rings. The van der Waals surface area contributed by atoms with Crippen LogP contribution in [0.2, 0.25) is 0 Å². The van der Waals surface area contributed by atoms with Crippen molar-refractivity contribution in [3.05, 3.63) is 29.8 Å². The molecule has 2 aliphatic carbocycles. The molecule has 3 amide bonds. The van der Waals surface area contributed by atoms with Crippen LogP contribution in [0.15, 0.2) is 24.3 Å². The second-order valence-electron chi connectivity index (χ2n) is 8.03. The summed E-state index contributed by atoms with van der Waals surface area (Å²) in [7, 11) is 0. The predicted octanol–water partition coefficient (Wildman–Crippen LogP) is 2.78. The molecule has 148 valence electrons. The highest BCUT2D eigenvalue weighted by Gasteiger charge is 2.39. The summed E-state index contributed by atoms with van der Waals surface area (Å²) in [6, 6.07) is 7.84. The zero-order valence-corrected chi connectivity index (χ0v) is 16.2. The van der Waals surface area contributed by atoms with Gasteiger partial charge >= 0.3 is 6.03 Å². The molecule has 2 saturated carbocycles. The van der Waals surface area contributed by atoms with E-state index in [1.54, 1.807) is 0 Å². The van der Waals surface area contributed by atoms with Gasteiger partial charge < -0.3 is 21.7 Å². The van der Waals surface area contributed by atoms with E-state index in [0.29, 0.717) is 30.8 Å². The smallest absolute Gasteiger partial charge is 0.319 e. The van der Waals surface area contributed by atoms with Crippen molar-refractivity contribution in [1.29, 1.82) is 0 Å². The Bertz CT molecular complexity index is 632. The van der Waals surface area contributed by atoms with Gasteiger partial charge in [-0.25, -0.2) is 4.79 Å². The third-order valence-electron chi connectivity index (χ3n) is 5.82. The van der Waals surface area contributed by atoms with E-state index in [0.717, 1.165) is 30.5 Å². The first-order valence-electron chi connectivity index (χ1n) is 10.2. The molecular formula is C21H32N4O2. The van der Waals surface area contributed by atoms with E-state index in [-0.39, 0.29) is 18.0 Å². The highest BCUT2D eigenvalue weighted by molar-refractivity contribution is 5.89. The number of nitrogens with two attached hydrogens (primary N) is 1. The van der Waals surface area contributed by atoms with E-state index in [1.807, 2.05) is 31.2 Å². The van der Waals surface area contributed by atoms with Crippen LogP contribution < -0.4 is 21.7 Å². The molecule has 2 atom stereocenters. The van der Waals surface area contributed by atoms with E-state index < -0.39 is 0 Å². The van der Waals surface area contributed by atoms with Crippen molar-refractivity contribution >= 4 is 17.6 Å². The molecule has 5 N–H and O–H groups in total. The number of nitrogens with one attached hydrogen (secondary N) is 3. The Morgan fingerprint density at radius 2 is 1.78 bits per heavy atom. The lowest BCUT2D eigenvalue weighted by molar-refractivity contribution is -0.122. The van der Waals surface area contributed by atoms with Crippen molar-refractivity contribution in [2.24, 2.45) is 17.6 Å². The zero-order valence-electron chi connectivity index (χ0n) is 16.2. The first-order valence-corrected chi connectivity index (χ1v) is 10.2. The third-order valence-corrected chi connectivity index (χ3v) is 5.82. The Kier molecular flexibility index (Phi) is 6.72. The molecule has 2 unspecified atom stereocenters. The van der Waals surface area contributed by atoms with Gasteiger partial charge in [-0.2, -0.15) is 0 Å². The molecule has 27 heavy (non-hydrogen) atoms. The van der Waals surface area contributed by atoms with Crippen LogP contribution in [0.5, 0.6) is 0 Å². The van der Waals surface area contributed by atoms with Crippen molar-refractivity contribution in [1.82, 2.24) is 10.6 Å². The molecule has 2 bridgehead atoms. The number of hydrogen-bond acceptors (Lipinski definition) is 3. The SMILES string of the molecule is CCCNC(=O)Nc1ccc(CC(=O)NC2C3CCCC2CC(N)C3)cc1. The summed E-state index contributed by atoms with van der Waals surface area (Å²) in [6.45, 7) is 2.66. The number of urea groups is 1. The Hall–Kier alpha value is -2.08. The van der Waals surface area contributed by atoms with Gasteiger partial charge in [-0.1, -0.05) is 25.5 Å². The lowest BCUT2D eigenvalue weighted by Crippen LogP contribution is -2.54. The summed E-state index contributed by atoms with van der Waals surface area (Å²) in [5.41, 5.74) is 7.84. The van der Waals surface area contributed by atoms with Crippen LogP contribution in [0, 0.1) is 11.8 Å². The number of carbonyl (C=O) groups excluding carboxylic acids is 2. The van der Waals surface area contributed by atoms with Crippen LogP contribution in [0.3, 0.4) is 0 Å². The van der Waals surface area contributed by atoms with Crippen LogP contribution in [-0.4, -0.2) is 30.6 Å². The maximum absolute atomic E-state index is 12.6. The lowest BCUT2D eigenvalue weighted by Gasteiger charge is -2.45. The molecule has 2 fully saturated rings. The quantitative estimate of drug-likeness (QED) is 0.618. The third kappa shape index (κ3) is 5.45. The van der Waals surface area contributed by atoms with Gasteiger partial charge in [0.05, 0.1) is 6.42 Å². The number of fused-ring (bicyclic) bond motifs is 2. The zero-order chi connectivity index (χ0) is 19.2. The van der Waals surface area contributed by atoms with Gasteiger partial charge in [0.25, 0.3) is 0 Å². The number of carbonyl (C=O) groups is 2. The maximum atomic E-state index is 12.6. The van der Waals surface area contributed by atoms with Gasteiger partial charge in [0.15, 0.2) is 0 Å². The minimum Gasteiger partial charge on any atom is -0.353 e. The number of rotatable bonds is 6. The van der Waals surface area contributed by atoms with E-state index in [2.05, 4.69) is 16.0 Å². The first-order chi connectivity index (χ1) is 13.0. The van der Waals surface area contributed by atoms with E-state index >= 15 is 0 Å². The Morgan fingerprint density at radius 3 is 2.41 bits per heavy atom. The Balaban J connectivity index is 1.50. The van der Waals surface area contributed by atoms with E-state index in [4.69, 9.17) is 5.73 Å². The van der Waals surface area contributed by atoms with Crippen LogP contribution in [0.1, 0.15) is 51.0 Å². The molecule has 0 spiro atoms. The van der Waals surface area contributed by atoms with Gasteiger partial charge in [0.2, 0.25) is 5.91 Å². The summed E-state index contributed by atoms with van der Waals surface area (Å²) < 4.78 is 0. The van der Waals surface area contributed by atoms with Crippen molar-refractivity contribution in [3.8, 4) is 0 Å². The number of amides is 3. The molecule has 0 saturated heterocycles. The molecule has 0 radical (unpaired) electrons. The molecule has 2 aliphatic rings. The highest BCUT2D eigenvalue weighted by Crippen LogP contribution is 2.39. The van der Waals surface area contributed by atoms with Crippen LogP contribution >= 0.6 is 0 Å². The number of hydrogen-bond donors (Lipinski definition) is 4. The lowest BCUT2D eigenvalue weighted by atomic mass is 9.67. The average molecular weight is 373 g/mol. The molecular weight excluding hydrogens is 340 g/mol. The maximum Gasteiger partial charge on any atom is 0.319 e. The van der Waals surface area contributed by atoms with Crippen molar-refractivity contribution in [3.63, 3.8) is 0 Å². The largest absolute Gasteiger partial charge is 0.353 e. The van der Waals surface area contributed by atoms with Crippen molar-refractivity contribution < 1.29 is 9.59 Å². The molecule has 0 aromatic heterocycles. The minimum absolute atomic E-state index is 0.0776. The monoisotopic (exact) mass is 372 g/mol. The van der Waals surface area contributed by atoms with E-state index in [1.165, 1.54) is 19.3 Å². The van der Waals surface area contributed by atoms with Crippen LogP contribution in [0.25, 0.3) is 0 Å². The number of anilines is 1. The van der Waals surface area contributed by atoms with Gasteiger partial charge in [0, 0.05) is 24.3 Å². The van der Waals surface area contributed by atoms with Crippen LogP contribution in [0.4, 0.5) is 10.5 Å². The fourth-order valence-electron chi connectivity index (χ4n) is 4.57. The fourth-order valence-corrected chi connectivity index (χ4v) is 4.57. The standard InChI is InChI=1S/C21H32N4O2/c1-2-10-23-21(27)24-18-8-6-14(7-9-18)11-19(26)25-20-15-4-3-5-16(20)13-17(22)12-15/h6-9,15-17,20H,2-5,10-13,22H2,1H3,(H,25,26)(H2,23,24,27). The minimum atomic E-state index is -0.204. The predicted molar refractivity (Wildman–Crippen MR) is 107 cm³/mol. The average Bonchev–Trinajstić information content (AvgIpc) is 2.62. The highest BCUT2D eigenvalue weighted by atomic mass is 16.2. The van der Waals surface area contributed by atoms with E-state index in [9.17, 15) is 9.59 Å². The van der Waals surface area contributed by atoms with Gasteiger partial charge in [-0.05, 0) is 61.6 Å². The molecule has 0 aliphatic heterocycles. The first kappa shape index (κ1) is 19.7. The summed E-state index contributed by atoms with van der Waals surface area (Å²) in [5.74, 6) is 1.14. The molecule has 3 rings (SSSR count). The molecule has 1 aromatic carbocycles. The van der Waals surface area contributed by atoms with Gasteiger partial charge in [-0.3, -0.25) is 4.79 Å².